The molecule has 3 nitrogen and oxygen atoms in total. The van der Waals surface area contributed by atoms with Gasteiger partial charge in [-0.2, -0.15) is 0 Å². The molecule has 2 atom stereocenters. The number of aryl methyl sites for hydroxylation is 1. The number of nitrogens with zero attached hydrogens (tertiary/aromatic N) is 1. The van der Waals surface area contributed by atoms with Crippen LogP contribution in [-0.4, -0.2) is 37.1 Å². The minimum absolute atomic E-state index is 0.575. The molecule has 0 amide bonds. The maximum Gasteiger partial charge on any atom is 0.103 e. The normalized spacial score (nSPS) is 22.4. The highest BCUT2D eigenvalue weighted by Crippen LogP contribution is 2.15. The van der Waals surface area contributed by atoms with Crippen LogP contribution in [0.15, 0.2) is 22.8 Å². The first-order valence-electron chi connectivity index (χ1n) is 7.26. The summed E-state index contributed by atoms with van der Waals surface area (Å²) in [6, 6.07) is 4.60. The van der Waals surface area contributed by atoms with E-state index >= 15 is 0 Å². The zero-order chi connectivity index (χ0) is 12.8. The Kier molecular flexibility index (Phi) is 5.26. The van der Waals surface area contributed by atoms with Crippen molar-refractivity contribution in [3.8, 4) is 0 Å². The molecule has 0 aromatic carbocycles. The fraction of sp³-hybridized carbons (Fsp3) is 0.733. The van der Waals surface area contributed by atoms with Gasteiger partial charge in [-0.1, -0.05) is 6.92 Å². The molecule has 1 aliphatic rings. The van der Waals surface area contributed by atoms with Crippen LogP contribution >= 0.6 is 0 Å². The zero-order valence-electron chi connectivity index (χ0n) is 11.7. The predicted octanol–water partition coefficient (Wildman–Crippen LogP) is 2.53. The first kappa shape index (κ1) is 13.6. The summed E-state index contributed by atoms with van der Waals surface area (Å²) in [5.41, 5.74) is 0. The molecule has 102 valence electrons. The highest BCUT2D eigenvalue weighted by molar-refractivity contribution is 4.98. The van der Waals surface area contributed by atoms with Gasteiger partial charge in [0, 0.05) is 19.0 Å². The topological polar surface area (TPSA) is 28.4 Å². The van der Waals surface area contributed by atoms with Crippen LogP contribution in [0.2, 0.25) is 0 Å². The van der Waals surface area contributed by atoms with Gasteiger partial charge in [0.05, 0.1) is 6.26 Å². The monoisotopic (exact) mass is 250 g/mol. The largest absolute Gasteiger partial charge is 0.469 e. The lowest BCUT2D eigenvalue weighted by atomic mass is 10.1. The highest BCUT2D eigenvalue weighted by Gasteiger charge is 2.21. The van der Waals surface area contributed by atoms with Crippen molar-refractivity contribution < 1.29 is 4.42 Å². The molecule has 1 N–H and O–H groups in total. The fourth-order valence-electron chi connectivity index (χ4n) is 2.65. The van der Waals surface area contributed by atoms with E-state index in [-0.39, 0.29) is 0 Å². The molecule has 18 heavy (non-hydrogen) atoms. The van der Waals surface area contributed by atoms with Crippen molar-refractivity contribution in [3.05, 3.63) is 24.2 Å². The molecule has 0 saturated carbocycles. The Morgan fingerprint density at radius 2 is 2.44 bits per heavy atom. The Bertz CT molecular complexity index is 323. The van der Waals surface area contributed by atoms with Crippen molar-refractivity contribution in [2.75, 3.05) is 26.2 Å². The van der Waals surface area contributed by atoms with E-state index in [0.717, 1.165) is 31.1 Å². The second kappa shape index (κ2) is 6.95. The van der Waals surface area contributed by atoms with Crippen LogP contribution in [-0.2, 0) is 6.42 Å². The van der Waals surface area contributed by atoms with Gasteiger partial charge in [-0.25, -0.2) is 0 Å². The van der Waals surface area contributed by atoms with Gasteiger partial charge in [0.15, 0.2) is 0 Å². The standard InChI is InChI=1S/C15H26N2O/c1-3-17-9-8-14(12-17)11-16-13(2)6-7-15-5-4-10-18-15/h4-5,10,13-14,16H,3,6-9,11-12H2,1-2H3. The van der Waals surface area contributed by atoms with Gasteiger partial charge < -0.3 is 14.6 Å². The van der Waals surface area contributed by atoms with E-state index in [1.54, 1.807) is 6.26 Å². The molecule has 2 rings (SSSR count). The van der Waals surface area contributed by atoms with E-state index in [1.165, 1.54) is 26.1 Å². The molecule has 1 fully saturated rings. The van der Waals surface area contributed by atoms with Gasteiger partial charge in [-0.3, -0.25) is 0 Å². The Hall–Kier alpha value is -0.800. The summed E-state index contributed by atoms with van der Waals surface area (Å²) in [5, 5.41) is 3.66. The maximum atomic E-state index is 5.36. The summed E-state index contributed by atoms with van der Waals surface area (Å²) in [7, 11) is 0. The minimum atomic E-state index is 0.575. The van der Waals surface area contributed by atoms with Crippen molar-refractivity contribution in [2.24, 2.45) is 5.92 Å². The summed E-state index contributed by atoms with van der Waals surface area (Å²) < 4.78 is 5.36. The Balaban J connectivity index is 1.59. The first-order chi connectivity index (χ1) is 8.78. The number of hydrogen-bond acceptors (Lipinski definition) is 3. The average Bonchev–Trinajstić information content (AvgIpc) is 3.04. The quantitative estimate of drug-likeness (QED) is 0.806. The van der Waals surface area contributed by atoms with Crippen molar-refractivity contribution in [3.63, 3.8) is 0 Å². The summed E-state index contributed by atoms with van der Waals surface area (Å²) in [4.78, 5) is 2.54. The lowest BCUT2D eigenvalue weighted by molar-refractivity contribution is 0.334. The molecule has 0 aliphatic carbocycles. The lowest BCUT2D eigenvalue weighted by Gasteiger charge is -2.17. The minimum Gasteiger partial charge on any atom is -0.469 e. The number of hydrogen-bond donors (Lipinski definition) is 1. The first-order valence-corrected chi connectivity index (χ1v) is 7.26. The van der Waals surface area contributed by atoms with Crippen LogP contribution in [0.4, 0.5) is 0 Å². The molecule has 1 saturated heterocycles. The van der Waals surface area contributed by atoms with Gasteiger partial charge in [-0.05, 0) is 57.5 Å². The molecule has 0 spiro atoms. The van der Waals surface area contributed by atoms with Gasteiger partial charge in [0.1, 0.15) is 5.76 Å². The summed E-state index contributed by atoms with van der Waals surface area (Å²) in [5.74, 6) is 1.94. The molecule has 1 aromatic rings. The molecular weight excluding hydrogens is 224 g/mol. The van der Waals surface area contributed by atoms with Gasteiger partial charge in [0.2, 0.25) is 0 Å². The van der Waals surface area contributed by atoms with Crippen molar-refractivity contribution in [1.82, 2.24) is 10.2 Å². The second-order valence-electron chi connectivity index (χ2n) is 5.48. The van der Waals surface area contributed by atoms with Crippen molar-refractivity contribution >= 4 is 0 Å². The Morgan fingerprint density at radius 3 is 3.11 bits per heavy atom. The van der Waals surface area contributed by atoms with Gasteiger partial charge in [0.25, 0.3) is 0 Å². The molecular formula is C15H26N2O. The number of furan rings is 1. The number of likely N-dealkylation sites (tertiary alicyclic amines) is 1. The molecule has 0 radical (unpaired) electrons. The van der Waals surface area contributed by atoms with E-state index in [0.29, 0.717) is 6.04 Å². The molecule has 2 unspecified atom stereocenters. The predicted molar refractivity (Wildman–Crippen MR) is 74.7 cm³/mol. The van der Waals surface area contributed by atoms with Crippen LogP contribution in [0.25, 0.3) is 0 Å². The Labute approximate surface area is 111 Å². The molecule has 0 bridgehead atoms. The maximum absolute atomic E-state index is 5.36. The molecule has 1 aliphatic heterocycles. The zero-order valence-corrected chi connectivity index (χ0v) is 11.7. The molecule has 3 heteroatoms. The second-order valence-corrected chi connectivity index (χ2v) is 5.48. The highest BCUT2D eigenvalue weighted by atomic mass is 16.3. The van der Waals surface area contributed by atoms with E-state index in [2.05, 4.69) is 30.1 Å². The van der Waals surface area contributed by atoms with E-state index < -0.39 is 0 Å². The Morgan fingerprint density at radius 1 is 1.56 bits per heavy atom. The lowest BCUT2D eigenvalue weighted by Crippen LogP contribution is -2.32. The average molecular weight is 250 g/mol. The third-order valence-corrected chi connectivity index (χ3v) is 3.98. The number of nitrogens with one attached hydrogen (secondary N) is 1. The van der Waals surface area contributed by atoms with Gasteiger partial charge >= 0.3 is 0 Å². The summed E-state index contributed by atoms with van der Waals surface area (Å²) >= 11 is 0. The van der Waals surface area contributed by atoms with Crippen LogP contribution in [0.1, 0.15) is 32.4 Å². The smallest absolute Gasteiger partial charge is 0.103 e. The van der Waals surface area contributed by atoms with Crippen LogP contribution < -0.4 is 5.32 Å². The molecule has 1 aromatic heterocycles. The van der Waals surface area contributed by atoms with E-state index in [4.69, 9.17) is 4.42 Å². The fourth-order valence-corrected chi connectivity index (χ4v) is 2.65. The SMILES string of the molecule is CCN1CCC(CNC(C)CCc2ccco2)C1. The van der Waals surface area contributed by atoms with Gasteiger partial charge in [-0.15, -0.1) is 0 Å². The van der Waals surface area contributed by atoms with Crippen molar-refractivity contribution in [1.29, 1.82) is 0 Å². The van der Waals surface area contributed by atoms with Crippen LogP contribution in [0.3, 0.4) is 0 Å². The summed E-state index contributed by atoms with van der Waals surface area (Å²) in [6.45, 7) is 9.44. The van der Waals surface area contributed by atoms with E-state index in [9.17, 15) is 0 Å². The van der Waals surface area contributed by atoms with Crippen LogP contribution in [0, 0.1) is 5.92 Å². The third-order valence-electron chi connectivity index (χ3n) is 3.98. The van der Waals surface area contributed by atoms with Crippen molar-refractivity contribution in [2.45, 2.75) is 39.2 Å². The summed E-state index contributed by atoms with van der Waals surface area (Å²) in [6.07, 6.45) is 5.29. The molecule has 2 heterocycles. The number of rotatable bonds is 7. The van der Waals surface area contributed by atoms with E-state index in [1.807, 2.05) is 6.07 Å². The van der Waals surface area contributed by atoms with Crippen LogP contribution in [0.5, 0.6) is 0 Å². The third kappa shape index (κ3) is 4.14.